The molecular weight excluding hydrogens is 430 g/mol. The maximum Gasteiger partial charge on any atom is 0.341 e. The van der Waals surface area contributed by atoms with E-state index in [4.69, 9.17) is 9.15 Å². The van der Waals surface area contributed by atoms with Gasteiger partial charge >= 0.3 is 5.97 Å². The fourth-order valence-electron chi connectivity index (χ4n) is 3.45. The Morgan fingerprint density at radius 3 is 3.00 bits per heavy atom. The van der Waals surface area contributed by atoms with Crippen LogP contribution >= 0.6 is 27.3 Å². The summed E-state index contributed by atoms with van der Waals surface area (Å²) in [5, 5.41) is 4.42. The van der Waals surface area contributed by atoms with Crippen LogP contribution in [0.2, 0.25) is 0 Å². The molecule has 5 nitrogen and oxygen atoms in total. The van der Waals surface area contributed by atoms with Crippen molar-refractivity contribution < 1.29 is 18.7 Å². The topological polar surface area (TPSA) is 68.5 Å². The molecule has 140 valence electrons. The molecule has 0 atom stereocenters. The van der Waals surface area contributed by atoms with Crippen molar-refractivity contribution in [2.24, 2.45) is 0 Å². The molecule has 0 fully saturated rings. The molecule has 1 aromatic carbocycles. The predicted molar refractivity (Wildman–Crippen MR) is 109 cm³/mol. The lowest BCUT2D eigenvalue weighted by Gasteiger charge is -2.07. The van der Waals surface area contributed by atoms with Gasteiger partial charge in [0.05, 0.1) is 24.9 Å². The minimum atomic E-state index is -0.357. The first kappa shape index (κ1) is 18.3. The summed E-state index contributed by atoms with van der Waals surface area (Å²) >= 11 is 4.93. The number of amides is 1. The summed E-state index contributed by atoms with van der Waals surface area (Å²) in [4.78, 5) is 26.2. The van der Waals surface area contributed by atoms with E-state index in [2.05, 4.69) is 21.2 Å². The average Bonchev–Trinajstić information content (AvgIpc) is 3.30. The fraction of sp³-hybridized carbons (Fsp3) is 0.300. The minimum Gasteiger partial charge on any atom is -0.464 e. The summed E-state index contributed by atoms with van der Waals surface area (Å²) in [6, 6.07) is 5.70. The second-order valence-corrected chi connectivity index (χ2v) is 8.43. The largest absolute Gasteiger partial charge is 0.464 e. The van der Waals surface area contributed by atoms with E-state index in [0.717, 1.165) is 45.8 Å². The van der Waals surface area contributed by atoms with Crippen LogP contribution in [0.3, 0.4) is 0 Å². The van der Waals surface area contributed by atoms with E-state index in [1.165, 1.54) is 16.2 Å². The monoisotopic (exact) mass is 447 g/mol. The van der Waals surface area contributed by atoms with Gasteiger partial charge in [-0.1, -0.05) is 15.9 Å². The first-order valence-corrected chi connectivity index (χ1v) is 10.4. The molecule has 3 aromatic rings. The fourth-order valence-corrected chi connectivity index (χ4v) is 5.10. The number of esters is 1. The van der Waals surface area contributed by atoms with E-state index < -0.39 is 0 Å². The molecule has 0 radical (unpaired) electrons. The van der Waals surface area contributed by atoms with Gasteiger partial charge in [0.1, 0.15) is 10.6 Å². The number of fused-ring (bicyclic) bond motifs is 2. The van der Waals surface area contributed by atoms with Crippen molar-refractivity contribution in [3.05, 3.63) is 50.5 Å². The van der Waals surface area contributed by atoms with Crippen LogP contribution in [0, 0.1) is 0 Å². The standard InChI is InChI=1S/C20H18BrNO4S/c1-2-25-20(24)18-13-4-3-5-16(13)27-19(18)22-17(23)8-11-10-26-15-7-6-12(21)9-14(11)15/h6-7,9-10H,2-5,8H2,1H3,(H,22,23). The van der Waals surface area contributed by atoms with Crippen molar-refractivity contribution in [1.29, 1.82) is 0 Å². The molecule has 0 spiro atoms. The third kappa shape index (κ3) is 3.53. The number of aryl methyl sites for hydroxylation is 1. The highest BCUT2D eigenvalue weighted by atomic mass is 79.9. The summed E-state index contributed by atoms with van der Waals surface area (Å²) in [5.41, 5.74) is 3.11. The molecule has 7 heteroatoms. The lowest BCUT2D eigenvalue weighted by molar-refractivity contribution is -0.115. The van der Waals surface area contributed by atoms with E-state index in [0.29, 0.717) is 17.2 Å². The number of carbonyl (C=O) groups is 2. The summed E-state index contributed by atoms with van der Waals surface area (Å²) in [6.45, 7) is 2.09. The normalized spacial score (nSPS) is 13.0. The van der Waals surface area contributed by atoms with Crippen molar-refractivity contribution in [1.82, 2.24) is 0 Å². The molecule has 1 aliphatic carbocycles. The number of ether oxygens (including phenoxy) is 1. The summed E-state index contributed by atoms with van der Waals surface area (Å²) in [7, 11) is 0. The lowest BCUT2D eigenvalue weighted by atomic mass is 10.1. The van der Waals surface area contributed by atoms with Gasteiger partial charge < -0.3 is 14.5 Å². The van der Waals surface area contributed by atoms with Gasteiger partial charge in [-0.05, 0) is 49.9 Å². The maximum absolute atomic E-state index is 12.7. The number of furan rings is 1. The Morgan fingerprint density at radius 1 is 1.33 bits per heavy atom. The van der Waals surface area contributed by atoms with Gasteiger partial charge in [-0.15, -0.1) is 11.3 Å². The van der Waals surface area contributed by atoms with Gasteiger partial charge in [-0.25, -0.2) is 4.79 Å². The molecule has 0 saturated carbocycles. The van der Waals surface area contributed by atoms with Crippen molar-refractivity contribution in [2.75, 3.05) is 11.9 Å². The van der Waals surface area contributed by atoms with E-state index >= 15 is 0 Å². The predicted octanol–water partition coefficient (Wildman–Crippen LogP) is 5.10. The number of hydrogen-bond donors (Lipinski definition) is 1. The highest BCUT2D eigenvalue weighted by Crippen LogP contribution is 2.39. The zero-order valence-corrected chi connectivity index (χ0v) is 17.2. The highest BCUT2D eigenvalue weighted by Gasteiger charge is 2.28. The molecule has 1 N–H and O–H groups in total. The molecule has 0 bridgehead atoms. The number of carbonyl (C=O) groups excluding carboxylic acids is 2. The van der Waals surface area contributed by atoms with Gasteiger partial charge in [0, 0.05) is 20.3 Å². The van der Waals surface area contributed by atoms with Crippen LogP contribution in [0.15, 0.2) is 33.4 Å². The van der Waals surface area contributed by atoms with E-state index in [9.17, 15) is 9.59 Å². The summed E-state index contributed by atoms with van der Waals surface area (Å²) < 4.78 is 11.7. The quantitative estimate of drug-likeness (QED) is 0.552. The molecule has 1 amide bonds. The Kier molecular flexibility index (Phi) is 5.06. The Balaban J connectivity index is 1.58. The Bertz CT molecular complexity index is 1040. The van der Waals surface area contributed by atoms with Crippen molar-refractivity contribution >= 4 is 55.1 Å². The molecule has 2 heterocycles. The highest BCUT2D eigenvalue weighted by molar-refractivity contribution is 9.10. The third-order valence-electron chi connectivity index (χ3n) is 4.62. The van der Waals surface area contributed by atoms with E-state index in [-0.39, 0.29) is 18.3 Å². The number of rotatable bonds is 5. The molecule has 1 aliphatic rings. The molecule has 0 saturated heterocycles. The molecule has 27 heavy (non-hydrogen) atoms. The van der Waals surface area contributed by atoms with Gasteiger partial charge in [0.25, 0.3) is 0 Å². The number of halogens is 1. The third-order valence-corrected chi connectivity index (χ3v) is 6.32. The molecule has 2 aromatic heterocycles. The Labute approximate surface area is 168 Å². The number of benzene rings is 1. The zero-order chi connectivity index (χ0) is 19.0. The lowest BCUT2D eigenvalue weighted by Crippen LogP contribution is -2.16. The van der Waals surface area contributed by atoms with E-state index in [1.54, 1.807) is 13.2 Å². The van der Waals surface area contributed by atoms with E-state index in [1.807, 2.05) is 18.2 Å². The number of anilines is 1. The smallest absolute Gasteiger partial charge is 0.341 e. The second kappa shape index (κ2) is 7.48. The molecule has 4 rings (SSSR count). The summed E-state index contributed by atoms with van der Waals surface area (Å²) in [6.07, 6.45) is 4.63. The average molecular weight is 448 g/mol. The van der Waals surface area contributed by atoms with Crippen molar-refractivity contribution in [3.63, 3.8) is 0 Å². The number of nitrogens with one attached hydrogen (secondary N) is 1. The van der Waals surface area contributed by atoms with Crippen LogP contribution in [0.1, 0.15) is 39.7 Å². The maximum atomic E-state index is 12.7. The molecule has 0 aliphatic heterocycles. The van der Waals surface area contributed by atoms with Crippen LogP contribution in [0.5, 0.6) is 0 Å². The van der Waals surface area contributed by atoms with Gasteiger partial charge in [0.15, 0.2) is 0 Å². The Hall–Kier alpha value is -2.12. The second-order valence-electron chi connectivity index (χ2n) is 6.41. The minimum absolute atomic E-state index is 0.175. The van der Waals surface area contributed by atoms with Crippen molar-refractivity contribution in [2.45, 2.75) is 32.6 Å². The van der Waals surface area contributed by atoms with Gasteiger partial charge in [0.2, 0.25) is 5.91 Å². The van der Waals surface area contributed by atoms with Crippen LogP contribution < -0.4 is 5.32 Å². The summed E-state index contributed by atoms with van der Waals surface area (Å²) in [5.74, 6) is -0.534. The van der Waals surface area contributed by atoms with Crippen LogP contribution in [0.4, 0.5) is 5.00 Å². The Morgan fingerprint density at radius 2 is 2.19 bits per heavy atom. The van der Waals surface area contributed by atoms with Gasteiger partial charge in [-0.2, -0.15) is 0 Å². The van der Waals surface area contributed by atoms with Crippen LogP contribution in [-0.4, -0.2) is 18.5 Å². The van der Waals surface area contributed by atoms with Gasteiger partial charge in [-0.3, -0.25) is 4.79 Å². The number of thiophene rings is 1. The number of hydrogen-bond acceptors (Lipinski definition) is 5. The van der Waals surface area contributed by atoms with Crippen LogP contribution in [-0.2, 0) is 28.8 Å². The first-order valence-electron chi connectivity index (χ1n) is 8.84. The first-order chi connectivity index (χ1) is 13.1. The molecule has 0 unspecified atom stereocenters. The van der Waals surface area contributed by atoms with Crippen molar-refractivity contribution in [3.8, 4) is 0 Å². The van der Waals surface area contributed by atoms with Crippen LogP contribution in [0.25, 0.3) is 11.0 Å². The SMILES string of the molecule is CCOC(=O)c1c(NC(=O)Cc2coc3ccc(Br)cc23)sc2c1CCC2. The zero-order valence-electron chi connectivity index (χ0n) is 14.8. The molecular formula is C20H18BrNO4S.